The number of nitro benzene ring substituents is 1. The SMILES string of the molecule is C/C=C/c1ccccc1Oc1cc(N)cc([N+](=O)[O-])c1. The Kier molecular flexibility index (Phi) is 4.00. The molecule has 0 aliphatic heterocycles. The van der Waals surface area contributed by atoms with Gasteiger partial charge >= 0.3 is 0 Å². The van der Waals surface area contributed by atoms with Crippen LogP contribution in [0.3, 0.4) is 0 Å². The average molecular weight is 270 g/mol. The van der Waals surface area contributed by atoms with Crippen molar-refractivity contribution in [3.8, 4) is 11.5 Å². The van der Waals surface area contributed by atoms with E-state index in [0.717, 1.165) is 5.56 Å². The van der Waals surface area contributed by atoms with Gasteiger partial charge in [0.05, 0.1) is 11.0 Å². The van der Waals surface area contributed by atoms with Crippen molar-refractivity contribution in [3.05, 3.63) is 64.2 Å². The zero-order valence-corrected chi connectivity index (χ0v) is 10.9. The number of hydrogen-bond donors (Lipinski definition) is 1. The van der Waals surface area contributed by atoms with E-state index in [9.17, 15) is 10.1 Å². The molecule has 2 rings (SSSR count). The highest BCUT2D eigenvalue weighted by molar-refractivity contribution is 5.59. The van der Waals surface area contributed by atoms with Crippen LogP contribution in [0.25, 0.3) is 6.08 Å². The predicted molar refractivity (Wildman–Crippen MR) is 78.7 cm³/mol. The van der Waals surface area contributed by atoms with Gasteiger partial charge in [-0.05, 0) is 13.0 Å². The summed E-state index contributed by atoms with van der Waals surface area (Å²) in [5, 5.41) is 10.8. The van der Waals surface area contributed by atoms with Gasteiger partial charge in [-0.25, -0.2) is 0 Å². The lowest BCUT2D eigenvalue weighted by Gasteiger charge is -2.09. The van der Waals surface area contributed by atoms with E-state index in [1.165, 1.54) is 12.1 Å². The molecule has 0 saturated carbocycles. The molecule has 2 N–H and O–H groups in total. The quantitative estimate of drug-likeness (QED) is 0.517. The molecule has 0 unspecified atom stereocenters. The maximum Gasteiger partial charge on any atom is 0.275 e. The summed E-state index contributed by atoms with van der Waals surface area (Å²) in [6.07, 6.45) is 3.79. The van der Waals surface area contributed by atoms with Crippen LogP contribution in [0, 0.1) is 10.1 Å². The highest BCUT2D eigenvalue weighted by Crippen LogP contribution is 2.30. The average Bonchev–Trinajstić information content (AvgIpc) is 2.40. The Labute approximate surface area is 116 Å². The Hall–Kier alpha value is -2.82. The molecule has 20 heavy (non-hydrogen) atoms. The smallest absolute Gasteiger partial charge is 0.275 e. The first-order valence-corrected chi connectivity index (χ1v) is 6.04. The van der Waals surface area contributed by atoms with Crippen molar-refractivity contribution in [2.45, 2.75) is 6.92 Å². The molecule has 2 aromatic rings. The summed E-state index contributed by atoms with van der Waals surface area (Å²) in [4.78, 5) is 10.3. The van der Waals surface area contributed by atoms with Gasteiger partial charge in [-0.15, -0.1) is 0 Å². The third kappa shape index (κ3) is 3.14. The largest absolute Gasteiger partial charge is 0.456 e. The lowest BCUT2D eigenvalue weighted by atomic mass is 10.2. The van der Waals surface area contributed by atoms with Crippen LogP contribution in [0.5, 0.6) is 11.5 Å². The van der Waals surface area contributed by atoms with E-state index in [0.29, 0.717) is 11.5 Å². The van der Waals surface area contributed by atoms with Crippen molar-refractivity contribution in [3.63, 3.8) is 0 Å². The molecule has 0 radical (unpaired) electrons. The van der Waals surface area contributed by atoms with Crippen molar-refractivity contribution in [2.24, 2.45) is 0 Å². The number of benzene rings is 2. The van der Waals surface area contributed by atoms with Gasteiger partial charge in [0.15, 0.2) is 0 Å². The van der Waals surface area contributed by atoms with Gasteiger partial charge in [-0.2, -0.15) is 0 Å². The number of nitrogens with zero attached hydrogens (tertiary/aromatic N) is 1. The molecule has 0 aliphatic rings. The van der Waals surface area contributed by atoms with Crippen LogP contribution in [0.4, 0.5) is 11.4 Å². The van der Waals surface area contributed by atoms with Crippen molar-refractivity contribution < 1.29 is 9.66 Å². The van der Waals surface area contributed by atoms with E-state index in [1.807, 2.05) is 37.3 Å². The predicted octanol–water partition coefficient (Wildman–Crippen LogP) is 4.00. The first kappa shape index (κ1) is 13.6. The van der Waals surface area contributed by atoms with Gasteiger partial charge in [0.2, 0.25) is 0 Å². The van der Waals surface area contributed by atoms with Crippen molar-refractivity contribution in [2.75, 3.05) is 5.73 Å². The number of para-hydroxylation sites is 1. The normalized spacial score (nSPS) is 10.7. The molecular weight excluding hydrogens is 256 g/mol. The molecule has 2 aromatic carbocycles. The Morgan fingerprint density at radius 3 is 2.70 bits per heavy atom. The van der Waals surface area contributed by atoms with Gasteiger partial charge in [-0.1, -0.05) is 30.4 Å². The zero-order valence-electron chi connectivity index (χ0n) is 10.9. The minimum atomic E-state index is -0.499. The monoisotopic (exact) mass is 270 g/mol. The number of hydrogen-bond acceptors (Lipinski definition) is 4. The Balaban J connectivity index is 2.37. The van der Waals surface area contributed by atoms with Crippen LogP contribution in [-0.2, 0) is 0 Å². The molecule has 0 atom stereocenters. The maximum atomic E-state index is 10.8. The van der Waals surface area contributed by atoms with Crippen LogP contribution in [0.2, 0.25) is 0 Å². The summed E-state index contributed by atoms with van der Waals surface area (Å²) in [5.74, 6) is 0.958. The maximum absolute atomic E-state index is 10.8. The minimum absolute atomic E-state index is 0.0940. The van der Waals surface area contributed by atoms with Gasteiger partial charge < -0.3 is 10.5 Å². The third-order valence-electron chi connectivity index (χ3n) is 2.62. The summed E-state index contributed by atoms with van der Waals surface area (Å²) in [5.41, 5.74) is 6.73. The molecule has 0 bridgehead atoms. The molecule has 0 spiro atoms. The molecule has 0 saturated heterocycles. The molecule has 0 heterocycles. The Bertz CT molecular complexity index is 666. The highest BCUT2D eigenvalue weighted by atomic mass is 16.6. The second kappa shape index (κ2) is 5.88. The third-order valence-corrected chi connectivity index (χ3v) is 2.62. The lowest BCUT2D eigenvalue weighted by Crippen LogP contribution is -1.94. The summed E-state index contributed by atoms with van der Waals surface area (Å²) >= 11 is 0. The molecule has 0 fully saturated rings. The molecule has 0 aliphatic carbocycles. The second-order valence-electron chi connectivity index (χ2n) is 4.16. The van der Waals surface area contributed by atoms with Gasteiger partial charge in [-0.3, -0.25) is 10.1 Å². The van der Waals surface area contributed by atoms with E-state index >= 15 is 0 Å². The molecule has 5 nitrogen and oxygen atoms in total. The fourth-order valence-corrected chi connectivity index (χ4v) is 1.79. The van der Waals surface area contributed by atoms with Crippen LogP contribution >= 0.6 is 0 Å². The lowest BCUT2D eigenvalue weighted by molar-refractivity contribution is -0.384. The fraction of sp³-hybridized carbons (Fsp3) is 0.0667. The van der Waals surface area contributed by atoms with Crippen LogP contribution in [-0.4, -0.2) is 4.92 Å². The number of ether oxygens (including phenoxy) is 1. The van der Waals surface area contributed by atoms with E-state index in [1.54, 1.807) is 12.1 Å². The molecule has 102 valence electrons. The number of allylic oxidation sites excluding steroid dienone is 1. The number of non-ortho nitro benzene ring substituents is 1. The minimum Gasteiger partial charge on any atom is -0.456 e. The number of nitrogen functional groups attached to an aromatic ring is 1. The summed E-state index contributed by atoms with van der Waals surface area (Å²) in [6.45, 7) is 1.90. The fourth-order valence-electron chi connectivity index (χ4n) is 1.79. The summed E-state index contributed by atoms with van der Waals surface area (Å²) in [7, 11) is 0. The second-order valence-corrected chi connectivity index (χ2v) is 4.16. The highest BCUT2D eigenvalue weighted by Gasteiger charge is 2.10. The van der Waals surface area contributed by atoms with E-state index in [4.69, 9.17) is 10.5 Å². The number of nitrogens with two attached hydrogens (primary N) is 1. The number of anilines is 1. The molecule has 0 amide bonds. The Morgan fingerprint density at radius 2 is 2.00 bits per heavy atom. The summed E-state index contributed by atoms with van der Waals surface area (Å²) in [6, 6.07) is 11.6. The Morgan fingerprint density at radius 1 is 1.25 bits per heavy atom. The van der Waals surface area contributed by atoms with Crippen molar-refractivity contribution >= 4 is 17.5 Å². The molecular formula is C15H14N2O3. The van der Waals surface area contributed by atoms with Crippen LogP contribution in [0.1, 0.15) is 12.5 Å². The van der Waals surface area contributed by atoms with E-state index < -0.39 is 4.92 Å². The van der Waals surface area contributed by atoms with E-state index in [2.05, 4.69) is 0 Å². The standard InChI is InChI=1S/C15H14N2O3/c1-2-5-11-6-3-4-7-15(11)20-14-9-12(16)8-13(10-14)17(18)19/h2-10H,16H2,1H3/b5-2+. The van der Waals surface area contributed by atoms with Crippen molar-refractivity contribution in [1.82, 2.24) is 0 Å². The topological polar surface area (TPSA) is 78.4 Å². The zero-order chi connectivity index (χ0) is 14.5. The van der Waals surface area contributed by atoms with Crippen LogP contribution in [0.15, 0.2) is 48.5 Å². The van der Waals surface area contributed by atoms with E-state index in [-0.39, 0.29) is 11.4 Å². The molecule has 5 heteroatoms. The number of nitro groups is 1. The van der Waals surface area contributed by atoms with Gasteiger partial charge in [0.25, 0.3) is 5.69 Å². The van der Waals surface area contributed by atoms with Crippen molar-refractivity contribution in [1.29, 1.82) is 0 Å². The number of rotatable bonds is 4. The van der Waals surface area contributed by atoms with Gasteiger partial charge in [0, 0.05) is 23.4 Å². The molecule has 0 aromatic heterocycles. The summed E-state index contributed by atoms with van der Waals surface area (Å²) < 4.78 is 5.70. The van der Waals surface area contributed by atoms with Gasteiger partial charge in [0.1, 0.15) is 11.5 Å². The first-order chi connectivity index (χ1) is 9.60. The first-order valence-electron chi connectivity index (χ1n) is 6.04. The van der Waals surface area contributed by atoms with Crippen LogP contribution < -0.4 is 10.5 Å².